The molecule has 0 heterocycles. The number of rotatable bonds is 4. The Kier molecular flexibility index (Phi) is 3.59. The molecule has 0 aliphatic rings. The lowest BCUT2D eigenvalue weighted by atomic mass is 10.0. The molecule has 76 valence electrons. The van der Waals surface area contributed by atoms with Crippen LogP contribution in [0.15, 0.2) is 24.3 Å². The van der Waals surface area contributed by atoms with Crippen LogP contribution in [-0.4, -0.2) is 11.5 Å². The minimum atomic E-state index is -0.393. The van der Waals surface area contributed by atoms with Crippen molar-refractivity contribution < 1.29 is 4.92 Å². The third-order valence-electron chi connectivity index (χ3n) is 2.13. The average molecular weight is 194 g/mol. The maximum Gasteiger partial charge on any atom is 0.269 e. The van der Waals surface area contributed by atoms with Gasteiger partial charge >= 0.3 is 0 Å². The summed E-state index contributed by atoms with van der Waals surface area (Å²) in [5, 5.41) is 10.4. The summed E-state index contributed by atoms with van der Waals surface area (Å²) in [6.45, 7) is 2.69. The molecule has 2 N–H and O–H groups in total. The first kappa shape index (κ1) is 10.7. The summed E-state index contributed by atoms with van der Waals surface area (Å²) in [6, 6.07) is 6.62. The van der Waals surface area contributed by atoms with E-state index in [0.29, 0.717) is 12.5 Å². The third kappa shape index (κ3) is 2.81. The van der Waals surface area contributed by atoms with E-state index >= 15 is 0 Å². The van der Waals surface area contributed by atoms with E-state index < -0.39 is 4.92 Å². The molecule has 0 amide bonds. The smallest absolute Gasteiger partial charge is 0.269 e. The molecule has 0 spiro atoms. The highest BCUT2D eigenvalue weighted by Gasteiger charge is 2.05. The van der Waals surface area contributed by atoms with Gasteiger partial charge in [0.05, 0.1) is 4.92 Å². The lowest BCUT2D eigenvalue weighted by molar-refractivity contribution is -0.384. The van der Waals surface area contributed by atoms with Crippen LogP contribution in [0, 0.1) is 16.0 Å². The summed E-state index contributed by atoms with van der Waals surface area (Å²) in [7, 11) is 0. The van der Waals surface area contributed by atoms with Crippen molar-refractivity contribution in [1.82, 2.24) is 0 Å². The minimum Gasteiger partial charge on any atom is -0.330 e. The van der Waals surface area contributed by atoms with Crippen LogP contribution in [0.5, 0.6) is 0 Å². The second-order valence-electron chi connectivity index (χ2n) is 3.47. The zero-order valence-electron chi connectivity index (χ0n) is 8.14. The lowest BCUT2D eigenvalue weighted by Crippen LogP contribution is -2.12. The predicted molar refractivity (Wildman–Crippen MR) is 55.0 cm³/mol. The molecule has 0 aliphatic heterocycles. The molecule has 0 fully saturated rings. The van der Waals surface area contributed by atoms with Gasteiger partial charge in [0.15, 0.2) is 0 Å². The van der Waals surface area contributed by atoms with E-state index in [1.54, 1.807) is 12.1 Å². The Balaban J connectivity index is 2.68. The van der Waals surface area contributed by atoms with Gasteiger partial charge in [-0.3, -0.25) is 10.1 Å². The zero-order chi connectivity index (χ0) is 10.6. The molecular weight excluding hydrogens is 180 g/mol. The van der Waals surface area contributed by atoms with Gasteiger partial charge in [0, 0.05) is 12.1 Å². The highest BCUT2D eigenvalue weighted by Crippen LogP contribution is 2.14. The Morgan fingerprint density at radius 2 is 2.00 bits per heavy atom. The fraction of sp³-hybridized carbons (Fsp3) is 0.400. The summed E-state index contributed by atoms with van der Waals surface area (Å²) in [6.07, 6.45) is 0.870. The van der Waals surface area contributed by atoms with Crippen LogP contribution in [0.25, 0.3) is 0 Å². The zero-order valence-corrected chi connectivity index (χ0v) is 8.14. The lowest BCUT2D eigenvalue weighted by Gasteiger charge is -2.07. The molecule has 0 unspecified atom stereocenters. The van der Waals surface area contributed by atoms with Gasteiger partial charge in [-0.25, -0.2) is 0 Å². The first-order valence-electron chi connectivity index (χ1n) is 4.57. The van der Waals surface area contributed by atoms with Crippen LogP contribution in [-0.2, 0) is 6.42 Å². The van der Waals surface area contributed by atoms with Gasteiger partial charge in [-0.15, -0.1) is 0 Å². The van der Waals surface area contributed by atoms with Gasteiger partial charge in [0.2, 0.25) is 0 Å². The van der Waals surface area contributed by atoms with E-state index in [0.717, 1.165) is 12.0 Å². The summed E-state index contributed by atoms with van der Waals surface area (Å²) in [5.74, 6) is 0.413. The van der Waals surface area contributed by atoms with E-state index in [1.165, 1.54) is 12.1 Å². The highest BCUT2D eigenvalue weighted by molar-refractivity contribution is 5.32. The van der Waals surface area contributed by atoms with Crippen molar-refractivity contribution in [3.05, 3.63) is 39.9 Å². The molecule has 1 atom stereocenters. The van der Waals surface area contributed by atoms with E-state index in [1.807, 2.05) is 0 Å². The van der Waals surface area contributed by atoms with Crippen LogP contribution in [0.4, 0.5) is 5.69 Å². The number of nitro benzene ring substituents is 1. The largest absolute Gasteiger partial charge is 0.330 e. The maximum absolute atomic E-state index is 10.4. The monoisotopic (exact) mass is 194 g/mol. The molecule has 0 aliphatic carbocycles. The second-order valence-corrected chi connectivity index (χ2v) is 3.47. The Morgan fingerprint density at radius 1 is 1.43 bits per heavy atom. The Morgan fingerprint density at radius 3 is 2.43 bits per heavy atom. The van der Waals surface area contributed by atoms with Crippen molar-refractivity contribution in [3.8, 4) is 0 Å². The van der Waals surface area contributed by atoms with Crippen LogP contribution < -0.4 is 5.73 Å². The Labute approximate surface area is 82.9 Å². The third-order valence-corrected chi connectivity index (χ3v) is 2.13. The fourth-order valence-electron chi connectivity index (χ4n) is 1.24. The van der Waals surface area contributed by atoms with E-state index in [-0.39, 0.29) is 5.69 Å². The molecule has 0 aromatic heterocycles. The molecule has 1 aromatic rings. The Bertz CT molecular complexity index is 308. The number of nitrogens with two attached hydrogens (primary N) is 1. The van der Waals surface area contributed by atoms with Crippen LogP contribution in [0.1, 0.15) is 12.5 Å². The first-order chi connectivity index (χ1) is 6.63. The average Bonchev–Trinajstić information content (AvgIpc) is 2.18. The van der Waals surface area contributed by atoms with Gasteiger partial charge < -0.3 is 5.73 Å². The number of benzene rings is 1. The molecule has 1 rings (SSSR count). The van der Waals surface area contributed by atoms with Crippen molar-refractivity contribution in [2.24, 2.45) is 11.7 Å². The van der Waals surface area contributed by atoms with Gasteiger partial charge in [-0.2, -0.15) is 0 Å². The summed E-state index contributed by atoms with van der Waals surface area (Å²) < 4.78 is 0. The predicted octanol–water partition coefficient (Wildman–Crippen LogP) is 1.73. The van der Waals surface area contributed by atoms with Crippen molar-refractivity contribution in [2.75, 3.05) is 6.54 Å². The molecule has 1 aromatic carbocycles. The summed E-state index contributed by atoms with van der Waals surface area (Å²) in [4.78, 5) is 9.98. The maximum atomic E-state index is 10.4. The van der Waals surface area contributed by atoms with Gasteiger partial charge in [-0.05, 0) is 24.4 Å². The number of nitro groups is 1. The highest BCUT2D eigenvalue weighted by atomic mass is 16.6. The summed E-state index contributed by atoms with van der Waals surface area (Å²) >= 11 is 0. The molecule has 0 bridgehead atoms. The normalized spacial score (nSPS) is 12.4. The molecule has 4 heteroatoms. The van der Waals surface area contributed by atoms with Gasteiger partial charge in [-0.1, -0.05) is 19.1 Å². The van der Waals surface area contributed by atoms with Gasteiger partial charge in [0.1, 0.15) is 0 Å². The fourth-order valence-corrected chi connectivity index (χ4v) is 1.24. The molecule has 0 saturated carbocycles. The molecule has 0 saturated heterocycles. The Hall–Kier alpha value is -1.42. The second kappa shape index (κ2) is 4.72. The number of non-ortho nitro benzene ring substituents is 1. The van der Waals surface area contributed by atoms with Crippen LogP contribution in [0.2, 0.25) is 0 Å². The van der Waals surface area contributed by atoms with Gasteiger partial charge in [0.25, 0.3) is 5.69 Å². The molecule has 14 heavy (non-hydrogen) atoms. The van der Waals surface area contributed by atoms with Crippen molar-refractivity contribution in [1.29, 1.82) is 0 Å². The van der Waals surface area contributed by atoms with Crippen LogP contribution >= 0.6 is 0 Å². The SMILES string of the molecule is C[C@H](CN)Cc1ccc([N+](=O)[O-])cc1. The number of hydrogen-bond acceptors (Lipinski definition) is 3. The van der Waals surface area contributed by atoms with E-state index in [2.05, 4.69) is 6.92 Å². The summed E-state index contributed by atoms with van der Waals surface area (Å²) in [5.41, 5.74) is 6.71. The van der Waals surface area contributed by atoms with E-state index in [4.69, 9.17) is 5.73 Å². The standard InChI is InChI=1S/C10H14N2O2/c1-8(7-11)6-9-2-4-10(5-3-9)12(13)14/h2-5,8H,6-7,11H2,1H3/t8-/m0/s1. The molecular formula is C10H14N2O2. The van der Waals surface area contributed by atoms with Crippen LogP contribution in [0.3, 0.4) is 0 Å². The topological polar surface area (TPSA) is 69.2 Å². The van der Waals surface area contributed by atoms with Crippen molar-refractivity contribution in [3.63, 3.8) is 0 Å². The quantitative estimate of drug-likeness (QED) is 0.586. The number of nitrogens with zero attached hydrogens (tertiary/aromatic N) is 1. The van der Waals surface area contributed by atoms with Crippen molar-refractivity contribution in [2.45, 2.75) is 13.3 Å². The van der Waals surface area contributed by atoms with Crippen molar-refractivity contribution >= 4 is 5.69 Å². The molecule has 0 radical (unpaired) electrons. The van der Waals surface area contributed by atoms with E-state index in [9.17, 15) is 10.1 Å². The minimum absolute atomic E-state index is 0.133. The molecule has 4 nitrogen and oxygen atoms in total. The number of hydrogen-bond donors (Lipinski definition) is 1. The first-order valence-corrected chi connectivity index (χ1v) is 4.57.